The highest BCUT2D eigenvalue weighted by atomic mass is 16.4. The van der Waals surface area contributed by atoms with Crippen molar-refractivity contribution in [3.05, 3.63) is 40.8 Å². The molecule has 2 rings (SSSR count). The van der Waals surface area contributed by atoms with Crippen molar-refractivity contribution in [1.82, 2.24) is 14.8 Å². The molecule has 2 N–H and O–H groups in total. The third kappa shape index (κ3) is 3.09. The Bertz CT molecular complexity index is 619. The van der Waals surface area contributed by atoms with E-state index in [0.717, 1.165) is 11.3 Å². The van der Waals surface area contributed by atoms with Gasteiger partial charge in [-0.05, 0) is 26.0 Å². The minimum absolute atomic E-state index is 0.234. The minimum Gasteiger partial charge on any atom is -0.478 e. The summed E-state index contributed by atoms with van der Waals surface area (Å²) in [5.41, 5.74) is 2.91. The van der Waals surface area contributed by atoms with Crippen molar-refractivity contribution < 1.29 is 9.90 Å². The number of carboxylic acid groups (broad SMARTS) is 1. The number of nitrogens with zero attached hydrogens (tertiary/aromatic N) is 3. The minimum atomic E-state index is -0.953. The number of pyridine rings is 1. The van der Waals surface area contributed by atoms with Crippen LogP contribution in [0.25, 0.3) is 0 Å². The molecule has 0 radical (unpaired) electrons. The molecule has 2 aromatic rings. The van der Waals surface area contributed by atoms with Gasteiger partial charge in [0.05, 0.1) is 11.3 Å². The summed E-state index contributed by atoms with van der Waals surface area (Å²) in [7, 11) is 1.87. The molecule has 0 atom stereocenters. The zero-order chi connectivity index (χ0) is 14.0. The molecule has 0 unspecified atom stereocenters. The molecular formula is C13H16N4O2. The van der Waals surface area contributed by atoms with Crippen LogP contribution in [-0.2, 0) is 13.6 Å². The Morgan fingerprint density at radius 2 is 2.16 bits per heavy atom. The number of anilines is 1. The molecule has 0 bridgehead atoms. The Balaban J connectivity index is 2.15. The number of rotatable bonds is 4. The van der Waals surface area contributed by atoms with Gasteiger partial charge in [0.15, 0.2) is 0 Å². The van der Waals surface area contributed by atoms with Crippen LogP contribution in [0, 0.1) is 13.8 Å². The van der Waals surface area contributed by atoms with Gasteiger partial charge in [0.2, 0.25) is 0 Å². The van der Waals surface area contributed by atoms with Crippen LogP contribution in [0.2, 0.25) is 0 Å². The molecule has 0 aromatic carbocycles. The second kappa shape index (κ2) is 5.09. The molecule has 0 aliphatic rings. The first-order valence-electron chi connectivity index (χ1n) is 5.90. The van der Waals surface area contributed by atoms with Gasteiger partial charge in [-0.2, -0.15) is 5.10 Å². The van der Waals surface area contributed by atoms with Crippen molar-refractivity contribution in [2.45, 2.75) is 20.4 Å². The third-order valence-electron chi connectivity index (χ3n) is 2.78. The maximum Gasteiger partial charge on any atom is 0.335 e. The smallest absolute Gasteiger partial charge is 0.335 e. The standard InChI is InChI=1S/C13H16N4O2/c1-8-4-10(13(18)19)5-12(15-8)14-6-11-7-17(3)16-9(11)2/h4-5,7H,6H2,1-3H3,(H,14,15)(H,18,19). The van der Waals surface area contributed by atoms with Crippen LogP contribution < -0.4 is 5.32 Å². The van der Waals surface area contributed by atoms with Gasteiger partial charge in [0.25, 0.3) is 0 Å². The van der Waals surface area contributed by atoms with Gasteiger partial charge >= 0.3 is 5.97 Å². The Labute approximate surface area is 111 Å². The fourth-order valence-corrected chi connectivity index (χ4v) is 1.89. The van der Waals surface area contributed by atoms with E-state index in [1.807, 2.05) is 20.2 Å². The monoisotopic (exact) mass is 260 g/mol. The number of hydrogen-bond donors (Lipinski definition) is 2. The number of aromatic carboxylic acids is 1. The van der Waals surface area contributed by atoms with Crippen molar-refractivity contribution in [2.75, 3.05) is 5.32 Å². The van der Waals surface area contributed by atoms with E-state index in [9.17, 15) is 4.79 Å². The molecule has 100 valence electrons. The van der Waals surface area contributed by atoms with Crippen molar-refractivity contribution >= 4 is 11.8 Å². The first-order valence-corrected chi connectivity index (χ1v) is 5.90. The number of carbonyl (C=O) groups is 1. The van der Waals surface area contributed by atoms with E-state index in [2.05, 4.69) is 15.4 Å². The van der Waals surface area contributed by atoms with Gasteiger partial charge in [-0.1, -0.05) is 0 Å². The number of aromatic nitrogens is 3. The second-order valence-electron chi connectivity index (χ2n) is 4.45. The van der Waals surface area contributed by atoms with Crippen LogP contribution in [0.4, 0.5) is 5.82 Å². The summed E-state index contributed by atoms with van der Waals surface area (Å²) in [5, 5.41) is 16.4. The Kier molecular flexibility index (Phi) is 3.50. The van der Waals surface area contributed by atoms with Crippen LogP contribution in [0.3, 0.4) is 0 Å². The molecule has 6 nitrogen and oxygen atoms in total. The molecule has 0 aliphatic carbocycles. The van der Waals surface area contributed by atoms with Gasteiger partial charge in [-0.25, -0.2) is 9.78 Å². The summed E-state index contributed by atoms with van der Waals surface area (Å²) in [6, 6.07) is 3.07. The van der Waals surface area contributed by atoms with Gasteiger partial charge < -0.3 is 10.4 Å². The lowest BCUT2D eigenvalue weighted by Gasteiger charge is -2.07. The highest BCUT2D eigenvalue weighted by molar-refractivity contribution is 5.88. The SMILES string of the molecule is Cc1cc(C(=O)O)cc(NCc2cn(C)nc2C)n1. The number of aryl methyl sites for hydroxylation is 3. The average molecular weight is 260 g/mol. The van der Waals surface area contributed by atoms with E-state index in [-0.39, 0.29) is 5.56 Å². The number of hydrogen-bond acceptors (Lipinski definition) is 4. The highest BCUT2D eigenvalue weighted by Crippen LogP contribution is 2.13. The first kappa shape index (κ1) is 13.1. The van der Waals surface area contributed by atoms with E-state index in [4.69, 9.17) is 5.11 Å². The van der Waals surface area contributed by atoms with E-state index in [1.54, 1.807) is 17.7 Å². The second-order valence-corrected chi connectivity index (χ2v) is 4.45. The highest BCUT2D eigenvalue weighted by Gasteiger charge is 2.08. The van der Waals surface area contributed by atoms with Crippen LogP contribution >= 0.6 is 0 Å². The normalized spacial score (nSPS) is 10.5. The van der Waals surface area contributed by atoms with Crippen molar-refractivity contribution in [3.63, 3.8) is 0 Å². The molecule has 6 heteroatoms. The molecule has 0 fully saturated rings. The number of carboxylic acids is 1. The zero-order valence-electron chi connectivity index (χ0n) is 11.1. The lowest BCUT2D eigenvalue weighted by Crippen LogP contribution is -2.05. The summed E-state index contributed by atoms with van der Waals surface area (Å²) in [6.45, 7) is 4.27. The van der Waals surface area contributed by atoms with Crippen LogP contribution in [0.5, 0.6) is 0 Å². The lowest BCUT2D eigenvalue weighted by molar-refractivity contribution is 0.0696. The van der Waals surface area contributed by atoms with E-state index in [1.165, 1.54) is 6.07 Å². The van der Waals surface area contributed by atoms with E-state index < -0.39 is 5.97 Å². The topological polar surface area (TPSA) is 80.0 Å². The maximum atomic E-state index is 11.0. The quantitative estimate of drug-likeness (QED) is 0.875. The summed E-state index contributed by atoms with van der Waals surface area (Å²) >= 11 is 0. The zero-order valence-corrected chi connectivity index (χ0v) is 11.1. The fraction of sp³-hybridized carbons (Fsp3) is 0.308. The average Bonchev–Trinajstić information content (AvgIpc) is 2.64. The number of nitrogens with one attached hydrogen (secondary N) is 1. The van der Waals surface area contributed by atoms with Gasteiger partial charge in [0, 0.05) is 31.0 Å². The molecule has 0 amide bonds. The van der Waals surface area contributed by atoms with Crippen LogP contribution in [0.15, 0.2) is 18.3 Å². The molecule has 0 aliphatic heterocycles. The van der Waals surface area contributed by atoms with Gasteiger partial charge in [-0.3, -0.25) is 4.68 Å². The molecule has 0 saturated heterocycles. The molecule has 0 saturated carbocycles. The molecule has 19 heavy (non-hydrogen) atoms. The Morgan fingerprint density at radius 3 is 2.74 bits per heavy atom. The Morgan fingerprint density at radius 1 is 1.42 bits per heavy atom. The van der Waals surface area contributed by atoms with Crippen LogP contribution in [-0.4, -0.2) is 25.8 Å². The summed E-state index contributed by atoms with van der Waals surface area (Å²) in [4.78, 5) is 15.2. The van der Waals surface area contributed by atoms with Crippen LogP contribution in [0.1, 0.15) is 27.3 Å². The first-order chi connectivity index (χ1) is 8.95. The summed E-state index contributed by atoms with van der Waals surface area (Å²) < 4.78 is 1.75. The fourth-order valence-electron chi connectivity index (χ4n) is 1.89. The Hall–Kier alpha value is -2.37. The van der Waals surface area contributed by atoms with Crippen molar-refractivity contribution in [3.8, 4) is 0 Å². The molecular weight excluding hydrogens is 244 g/mol. The predicted octanol–water partition coefficient (Wildman–Crippen LogP) is 1.74. The van der Waals surface area contributed by atoms with Crippen molar-refractivity contribution in [1.29, 1.82) is 0 Å². The lowest BCUT2D eigenvalue weighted by atomic mass is 10.2. The predicted molar refractivity (Wildman–Crippen MR) is 71.2 cm³/mol. The van der Waals surface area contributed by atoms with Crippen molar-refractivity contribution in [2.24, 2.45) is 7.05 Å². The van der Waals surface area contributed by atoms with E-state index >= 15 is 0 Å². The summed E-state index contributed by atoms with van der Waals surface area (Å²) in [5.74, 6) is -0.397. The van der Waals surface area contributed by atoms with Gasteiger partial charge in [-0.15, -0.1) is 0 Å². The van der Waals surface area contributed by atoms with E-state index in [0.29, 0.717) is 18.1 Å². The molecule has 0 spiro atoms. The maximum absolute atomic E-state index is 11.0. The third-order valence-corrected chi connectivity index (χ3v) is 2.78. The summed E-state index contributed by atoms with van der Waals surface area (Å²) in [6.07, 6.45) is 1.93. The largest absolute Gasteiger partial charge is 0.478 e. The molecule has 2 aromatic heterocycles. The van der Waals surface area contributed by atoms with Gasteiger partial charge in [0.1, 0.15) is 5.82 Å². The molecule has 2 heterocycles.